The van der Waals surface area contributed by atoms with Gasteiger partial charge >= 0.3 is 0 Å². The van der Waals surface area contributed by atoms with Crippen LogP contribution in [0, 0.1) is 0 Å². The molecule has 16 heavy (non-hydrogen) atoms. The van der Waals surface area contributed by atoms with E-state index in [1.807, 2.05) is 0 Å². The van der Waals surface area contributed by atoms with Gasteiger partial charge in [-0.25, -0.2) is 0 Å². The molecule has 0 aliphatic carbocycles. The van der Waals surface area contributed by atoms with Crippen LogP contribution in [0.1, 0.15) is 46.0 Å². The first-order chi connectivity index (χ1) is 7.70. The summed E-state index contributed by atoms with van der Waals surface area (Å²) in [5, 5.41) is -0.103. The zero-order valence-corrected chi connectivity index (χ0v) is 11.0. The third-order valence-electron chi connectivity index (χ3n) is 2.71. The summed E-state index contributed by atoms with van der Waals surface area (Å²) < 4.78 is 0. The second kappa shape index (κ2) is 6.94. The van der Waals surface area contributed by atoms with E-state index in [-0.39, 0.29) is 17.1 Å². The van der Waals surface area contributed by atoms with E-state index < -0.39 is 0 Å². The van der Waals surface area contributed by atoms with Crippen molar-refractivity contribution in [1.82, 2.24) is 4.90 Å². The number of nitrogens with zero attached hydrogens (tertiary/aromatic N) is 1. The van der Waals surface area contributed by atoms with Crippen molar-refractivity contribution in [2.75, 3.05) is 12.3 Å². The first-order valence-electron chi connectivity index (χ1n) is 6.16. The van der Waals surface area contributed by atoms with Crippen molar-refractivity contribution < 1.29 is 9.59 Å². The Morgan fingerprint density at radius 2 is 2.00 bits per heavy atom. The van der Waals surface area contributed by atoms with Crippen LogP contribution >= 0.6 is 11.8 Å². The van der Waals surface area contributed by atoms with Gasteiger partial charge in [0.25, 0.3) is 0 Å². The minimum atomic E-state index is -0.103. The summed E-state index contributed by atoms with van der Waals surface area (Å²) in [6.07, 6.45) is 4.61. The molecule has 0 bridgehead atoms. The zero-order valence-electron chi connectivity index (χ0n) is 10.2. The number of rotatable bonds is 7. The maximum Gasteiger partial charge on any atom is 0.242 e. The van der Waals surface area contributed by atoms with E-state index in [4.69, 9.17) is 0 Å². The SMILES string of the molecule is CCCCCN1C(=O)CC(SCCC)C1=O. The number of carbonyl (C=O) groups excluding carboxylic acids is 2. The number of thioether (sulfide) groups is 1. The smallest absolute Gasteiger partial charge is 0.242 e. The molecule has 1 heterocycles. The van der Waals surface area contributed by atoms with Crippen molar-refractivity contribution in [3.8, 4) is 0 Å². The van der Waals surface area contributed by atoms with Gasteiger partial charge in [-0.3, -0.25) is 14.5 Å². The number of likely N-dealkylation sites (tertiary alicyclic amines) is 1. The Morgan fingerprint density at radius 3 is 2.62 bits per heavy atom. The highest BCUT2D eigenvalue weighted by Crippen LogP contribution is 2.25. The van der Waals surface area contributed by atoms with Gasteiger partial charge in [-0.1, -0.05) is 26.7 Å². The summed E-state index contributed by atoms with van der Waals surface area (Å²) in [6.45, 7) is 4.83. The van der Waals surface area contributed by atoms with Crippen LogP contribution in [0.25, 0.3) is 0 Å². The Bertz CT molecular complexity index is 255. The highest BCUT2D eigenvalue weighted by molar-refractivity contribution is 8.00. The van der Waals surface area contributed by atoms with Gasteiger partial charge in [0, 0.05) is 13.0 Å². The number of hydrogen-bond acceptors (Lipinski definition) is 3. The van der Waals surface area contributed by atoms with Crippen molar-refractivity contribution in [2.45, 2.75) is 51.2 Å². The van der Waals surface area contributed by atoms with Gasteiger partial charge in [-0.15, -0.1) is 11.8 Å². The van der Waals surface area contributed by atoms with Crippen molar-refractivity contribution >= 4 is 23.6 Å². The number of hydrogen-bond donors (Lipinski definition) is 0. The zero-order chi connectivity index (χ0) is 12.0. The van der Waals surface area contributed by atoms with Crippen molar-refractivity contribution in [3.63, 3.8) is 0 Å². The predicted molar refractivity (Wildman–Crippen MR) is 67.4 cm³/mol. The Morgan fingerprint density at radius 1 is 1.25 bits per heavy atom. The topological polar surface area (TPSA) is 37.4 Å². The van der Waals surface area contributed by atoms with Gasteiger partial charge in [-0.2, -0.15) is 0 Å². The van der Waals surface area contributed by atoms with Gasteiger partial charge in [0.1, 0.15) is 0 Å². The third kappa shape index (κ3) is 3.51. The molecule has 0 aromatic carbocycles. The van der Waals surface area contributed by atoms with Gasteiger partial charge < -0.3 is 0 Å². The largest absolute Gasteiger partial charge is 0.282 e. The molecule has 0 N–H and O–H groups in total. The average Bonchev–Trinajstić information content (AvgIpc) is 2.54. The lowest BCUT2D eigenvalue weighted by molar-refractivity contribution is -0.138. The molecule has 0 spiro atoms. The van der Waals surface area contributed by atoms with Gasteiger partial charge in [0.2, 0.25) is 11.8 Å². The van der Waals surface area contributed by atoms with E-state index in [1.165, 1.54) is 4.90 Å². The molecule has 1 aliphatic rings. The maximum absolute atomic E-state index is 11.9. The molecular formula is C12H21NO2S. The lowest BCUT2D eigenvalue weighted by atomic mass is 10.2. The first-order valence-corrected chi connectivity index (χ1v) is 7.21. The van der Waals surface area contributed by atoms with Crippen molar-refractivity contribution in [2.24, 2.45) is 0 Å². The van der Waals surface area contributed by atoms with Crippen LogP contribution in [0.3, 0.4) is 0 Å². The Hall–Kier alpha value is -0.510. The highest BCUT2D eigenvalue weighted by Gasteiger charge is 2.37. The van der Waals surface area contributed by atoms with Gasteiger partial charge in [-0.05, 0) is 18.6 Å². The van der Waals surface area contributed by atoms with Gasteiger partial charge in [0.05, 0.1) is 5.25 Å². The quantitative estimate of drug-likeness (QED) is 0.509. The summed E-state index contributed by atoms with van der Waals surface area (Å²) in [5.74, 6) is 1.03. The van der Waals surface area contributed by atoms with Gasteiger partial charge in [0.15, 0.2) is 0 Å². The molecule has 1 aliphatic heterocycles. The molecule has 1 rings (SSSR count). The van der Waals surface area contributed by atoms with E-state index in [2.05, 4.69) is 13.8 Å². The minimum absolute atomic E-state index is 0.0229. The molecule has 1 atom stereocenters. The minimum Gasteiger partial charge on any atom is -0.282 e. The molecule has 1 unspecified atom stereocenters. The van der Waals surface area contributed by atoms with Crippen LogP contribution in [0.15, 0.2) is 0 Å². The first kappa shape index (κ1) is 13.6. The standard InChI is InChI=1S/C12H21NO2S/c1-3-5-6-7-13-11(14)9-10(12(13)15)16-8-4-2/h10H,3-9H2,1-2H3. The molecule has 1 saturated heterocycles. The molecule has 92 valence electrons. The molecule has 4 heteroatoms. The molecular weight excluding hydrogens is 222 g/mol. The molecule has 3 nitrogen and oxygen atoms in total. The number of amides is 2. The van der Waals surface area contributed by atoms with Crippen LogP contribution in [0.4, 0.5) is 0 Å². The van der Waals surface area contributed by atoms with Crippen LogP contribution < -0.4 is 0 Å². The summed E-state index contributed by atoms with van der Waals surface area (Å²) >= 11 is 1.63. The van der Waals surface area contributed by atoms with E-state index in [0.717, 1.165) is 31.4 Å². The number of imide groups is 1. The molecule has 0 aromatic heterocycles. The fraction of sp³-hybridized carbons (Fsp3) is 0.833. The van der Waals surface area contributed by atoms with Crippen molar-refractivity contribution in [3.05, 3.63) is 0 Å². The molecule has 0 radical (unpaired) electrons. The van der Waals surface area contributed by atoms with E-state index in [9.17, 15) is 9.59 Å². The lowest BCUT2D eigenvalue weighted by Gasteiger charge is -2.14. The van der Waals surface area contributed by atoms with Crippen LogP contribution in [0.2, 0.25) is 0 Å². The summed E-state index contributed by atoms with van der Waals surface area (Å²) in [7, 11) is 0. The fourth-order valence-electron chi connectivity index (χ4n) is 1.80. The van der Waals surface area contributed by atoms with Crippen LogP contribution in [-0.4, -0.2) is 34.3 Å². The Labute approximate surface area is 102 Å². The summed E-state index contributed by atoms with van der Waals surface area (Å²) in [6, 6.07) is 0. The molecule has 0 saturated carbocycles. The van der Waals surface area contributed by atoms with Crippen LogP contribution in [-0.2, 0) is 9.59 Å². The number of unbranched alkanes of at least 4 members (excludes halogenated alkanes) is 2. The van der Waals surface area contributed by atoms with Crippen LogP contribution in [0.5, 0.6) is 0 Å². The molecule has 2 amide bonds. The summed E-state index contributed by atoms with van der Waals surface area (Å²) in [5.41, 5.74) is 0. The number of carbonyl (C=O) groups is 2. The highest BCUT2D eigenvalue weighted by atomic mass is 32.2. The Kier molecular flexibility index (Phi) is 5.88. The van der Waals surface area contributed by atoms with E-state index in [1.54, 1.807) is 11.8 Å². The Balaban J connectivity index is 2.41. The van der Waals surface area contributed by atoms with E-state index >= 15 is 0 Å². The monoisotopic (exact) mass is 243 g/mol. The lowest BCUT2D eigenvalue weighted by Crippen LogP contribution is -2.32. The van der Waals surface area contributed by atoms with E-state index in [0.29, 0.717) is 13.0 Å². The third-order valence-corrected chi connectivity index (χ3v) is 4.13. The average molecular weight is 243 g/mol. The molecule has 0 aromatic rings. The fourth-order valence-corrected chi connectivity index (χ4v) is 2.85. The maximum atomic E-state index is 11.9. The second-order valence-corrected chi connectivity index (χ2v) is 5.46. The predicted octanol–water partition coefficient (Wildman–Crippen LogP) is 2.45. The molecule has 1 fully saturated rings. The van der Waals surface area contributed by atoms with Crippen molar-refractivity contribution in [1.29, 1.82) is 0 Å². The normalized spacial score (nSPS) is 20.9. The second-order valence-electron chi connectivity index (χ2n) is 4.15. The summed E-state index contributed by atoms with van der Waals surface area (Å²) in [4.78, 5) is 25.0.